The van der Waals surface area contributed by atoms with Crippen LogP contribution in [0.25, 0.3) is 0 Å². The van der Waals surface area contributed by atoms with E-state index in [1.54, 1.807) is 0 Å². The van der Waals surface area contributed by atoms with Crippen LogP contribution in [0.3, 0.4) is 0 Å². The number of aromatic nitrogens is 2. The van der Waals surface area contributed by atoms with Gasteiger partial charge in [-0.2, -0.15) is 4.39 Å². The molecule has 1 aromatic rings. The van der Waals surface area contributed by atoms with E-state index >= 15 is 0 Å². The molecular weight excluding hydrogens is 195 g/mol. The Labute approximate surface area is 75.8 Å². The first-order valence-electron chi connectivity index (χ1n) is 3.58. The highest BCUT2D eigenvalue weighted by Crippen LogP contribution is 2.06. The summed E-state index contributed by atoms with van der Waals surface area (Å²) < 4.78 is 35.1. The fourth-order valence-corrected chi connectivity index (χ4v) is 1.53. The topological polar surface area (TPSA) is 61.2 Å². The monoisotopic (exact) mass is 205 g/mol. The predicted molar refractivity (Wildman–Crippen MR) is 43.3 cm³/mol. The maximum atomic E-state index is 13.0. The lowest BCUT2D eigenvalue weighted by atomic mass is 10.3. The second kappa shape index (κ2) is 3.02. The van der Waals surface area contributed by atoms with Crippen LogP contribution in [0, 0.1) is 19.7 Å². The summed E-state index contributed by atoms with van der Waals surface area (Å²) >= 11 is 0. The van der Waals surface area contributed by atoms with Gasteiger partial charge in [0.25, 0.3) is 9.84 Å². The molecule has 0 bridgehead atoms. The first kappa shape index (κ1) is 10.0. The molecule has 0 aromatic carbocycles. The Hall–Kier alpha value is -1.04. The van der Waals surface area contributed by atoms with Gasteiger partial charge in [-0.05, 0) is 4.98 Å². The van der Waals surface area contributed by atoms with Crippen molar-refractivity contribution < 1.29 is 17.8 Å². The first-order valence-corrected chi connectivity index (χ1v) is 5.47. The van der Waals surface area contributed by atoms with Crippen LogP contribution in [0.15, 0.2) is 5.16 Å². The van der Waals surface area contributed by atoms with E-state index < -0.39 is 15.7 Å². The second-order valence-corrected chi connectivity index (χ2v) is 4.77. The number of H-pyrrole nitrogens is 1. The third-order valence-corrected chi connectivity index (χ3v) is 2.46. The summed E-state index contributed by atoms with van der Waals surface area (Å²) in [5.41, 5.74) is 0.254. The molecule has 0 atom stereocenters. The smallest absolute Gasteiger partial charge is 0.228 e. The standard InChI is InChI=1S/C7H9FN2O2S/c1-4-6(8)5(2)10-7(9-4)13(3,11)12/h1-3H3/p+1. The molecule has 72 valence electrons. The Bertz CT molecular complexity index is 419. The summed E-state index contributed by atoms with van der Waals surface area (Å²) in [4.78, 5) is 5.97. The van der Waals surface area contributed by atoms with Gasteiger partial charge >= 0.3 is 5.16 Å². The van der Waals surface area contributed by atoms with E-state index in [2.05, 4.69) is 9.97 Å². The number of aryl methyl sites for hydroxylation is 2. The lowest BCUT2D eigenvalue weighted by Gasteiger charge is -1.94. The minimum absolute atomic E-state index is 0.0803. The molecule has 0 saturated carbocycles. The molecule has 0 spiro atoms. The molecular formula is C7H10FN2O2S+. The maximum absolute atomic E-state index is 13.0. The summed E-state index contributed by atoms with van der Waals surface area (Å²) in [5, 5.41) is -0.205. The van der Waals surface area contributed by atoms with Gasteiger partial charge in [0.1, 0.15) is 5.69 Å². The Kier molecular flexibility index (Phi) is 2.34. The lowest BCUT2D eigenvalue weighted by molar-refractivity contribution is -0.446. The number of nitrogens with zero attached hydrogens (tertiary/aromatic N) is 1. The van der Waals surface area contributed by atoms with Crippen LogP contribution in [0.1, 0.15) is 11.4 Å². The quantitative estimate of drug-likeness (QED) is 0.609. The van der Waals surface area contributed by atoms with E-state index in [1.807, 2.05) is 0 Å². The molecule has 0 fully saturated rings. The van der Waals surface area contributed by atoms with Gasteiger partial charge in [-0.3, -0.25) is 0 Å². The molecule has 0 aliphatic heterocycles. The molecule has 0 radical (unpaired) electrons. The Morgan fingerprint density at radius 2 is 1.92 bits per heavy atom. The van der Waals surface area contributed by atoms with Crippen molar-refractivity contribution in [1.82, 2.24) is 4.98 Å². The number of sulfone groups is 1. The Morgan fingerprint density at radius 1 is 1.38 bits per heavy atom. The van der Waals surface area contributed by atoms with Gasteiger partial charge < -0.3 is 0 Å². The van der Waals surface area contributed by atoms with E-state index in [9.17, 15) is 12.8 Å². The molecule has 0 unspecified atom stereocenters. The zero-order chi connectivity index (χ0) is 10.2. The number of halogens is 1. The highest BCUT2D eigenvalue weighted by Gasteiger charge is 2.23. The molecule has 0 aliphatic rings. The third kappa shape index (κ3) is 2.00. The van der Waals surface area contributed by atoms with Gasteiger partial charge in [0, 0.05) is 13.8 Å². The largest absolute Gasteiger partial charge is 0.414 e. The molecule has 1 aromatic heterocycles. The van der Waals surface area contributed by atoms with Crippen molar-refractivity contribution in [1.29, 1.82) is 0 Å². The molecule has 4 nitrogen and oxygen atoms in total. The van der Waals surface area contributed by atoms with Crippen LogP contribution in [0.5, 0.6) is 0 Å². The van der Waals surface area contributed by atoms with Gasteiger partial charge in [-0.1, -0.05) is 0 Å². The van der Waals surface area contributed by atoms with Crippen LogP contribution in [0.4, 0.5) is 4.39 Å². The van der Waals surface area contributed by atoms with Crippen LogP contribution < -0.4 is 4.98 Å². The van der Waals surface area contributed by atoms with Crippen molar-refractivity contribution in [2.45, 2.75) is 19.0 Å². The van der Waals surface area contributed by atoms with E-state index in [1.165, 1.54) is 13.8 Å². The zero-order valence-corrected chi connectivity index (χ0v) is 8.37. The second-order valence-electron chi connectivity index (χ2n) is 2.84. The Balaban J connectivity index is 3.47. The minimum atomic E-state index is -3.40. The normalized spacial score (nSPS) is 11.7. The van der Waals surface area contributed by atoms with Crippen molar-refractivity contribution in [3.63, 3.8) is 0 Å². The highest BCUT2D eigenvalue weighted by molar-refractivity contribution is 7.90. The Morgan fingerprint density at radius 3 is 2.31 bits per heavy atom. The molecule has 6 heteroatoms. The average molecular weight is 205 g/mol. The number of rotatable bonds is 1. The minimum Gasteiger partial charge on any atom is -0.228 e. The number of hydrogen-bond acceptors (Lipinski definition) is 3. The van der Waals surface area contributed by atoms with Gasteiger partial charge in [-0.25, -0.2) is 13.4 Å². The average Bonchev–Trinajstić information content (AvgIpc) is 1.97. The highest BCUT2D eigenvalue weighted by atomic mass is 32.2. The number of nitrogens with one attached hydrogen (secondary N) is 1. The molecule has 0 saturated heterocycles. The summed E-state index contributed by atoms with van der Waals surface area (Å²) in [6.07, 6.45) is 1.02. The fraction of sp³-hybridized carbons (Fsp3) is 0.429. The van der Waals surface area contributed by atoms with E-state index in [-0.39, 0.29) is 16.5 Å². The van der Waals surface area contributed by atoms with Gasteiger partial charge in [0.2, 0.25) is 5.82 Å². The summed E-state index contributed by atoms with van der Waals surface area (Å²) in [5.74, 6) is -0.507. The van der Waals surface area contributed by atoms with Gasteiger partial charge in [0.15, 0.2) is 5.69 Å². The molecule has 1 heterocycles. The van der Waals surface area contributed by atoms with Gasteiger partial charge in [-0.15, -0.1) is 0 Å². The third-order valence-electron chi connectivity index (χ3n) is 1.56. The summed E-state index contributed by atoms with van der Waals surface area (Å²) in [6, 6.07) is 0. The molecule has 1 rings (SSSR count). The van der Waals surface area contributed by atoms with Crippen LogP contribution in [-0.2, 0) is 9.84 Å². The van der Waals surface area contributed by atoms with Crippen LogP contribution >= 0.6 is 0 Å². The molecule has 1 N–H and O–H groups in total. The first-order chi connectivity index (χ1) is 5.82. The van der Waals surface area contributed by atoms with Crippen molar-refractivity contribution >= 4 is 9.84 Å². The van der Waals surface area contributed by atoms with Crippen molar-refractivity contribution in [3.05, 3.63) is 17.2 Å². The molecule has 0 aliphatic carbocycles. The van der Waals surface area contributed by atoms with Crippen LogP contribution in [-0.4, -0.2) is 19.7 Å². The molecule has 13 heavy (non-hydrogen) atoms. The lowest BCUT2D eigenvalue weighted by Crippen LogP contribution is -2.23. The predicted octanol–water partition coefficient (Wildman–Crippen LogP) is 0.0551. The summed E-state index contributed by atoms with van der Waals surface area (Å²) in [6.45, 7) is 2.88. The fourth-order valence-electron chi connectivity index (χ4n) is 0.892. The maximum Gasteiger partial charge on any atom is 0.414 e. The van der Waals surface area contributed by atoms with Crippen molar-refractivity contribution in [2.24, 2.45) is 0 Å². The molecule has 0 amide bonds. The summed E-state index contributed by atoms with van der Waals surface area (Å²) in [7, 11) is -3.40. The van der Waals surface area contributed by atoms with E-state index in [4.69, 9.17) is 0 Å². The van der Waals surface area contributed by atoms with E-state index in [0.717, 1.165) is 6.26 Å². The number of aromatic amines is 1. The zero-order valence-electron chi connectivity index (χ0n) is 7.55. The van der Waals surface area contributed by atoms with Crippen molar-refractivity contribution in [3.8, 4) is 0 Å². The SMILES string of the molecule is Cc1nc(S(C)(=O)=O)[nH+]c(C)c1F. The number of hydrogen-bond donors (Lipinski definition) is 0. The van der Waals surface area contributed by atoms with Crippen molar-refractivity contribution in [2.75, 3.05) is 6.26 Å². The van der Waals surface area contributed by atoms with E-state index in [0.29, 0.717) is 0 Å². The van der Waals surface area contributed by atoms with Gasteiger partial charge in [0.05, 0.1) is 6.26 Å². The van der Waals surface area contributed by atoms with Crippen LogP contribution in [0.2, 0.25) is 0 Å².